The first-order chi connectivity index (χ1) is 16.2. The van der Waals surface area contributed by atoms with Crippen LogP contribution in [-0.4, -0.2) is 15.7 Å². The molecule has 1 N–H and O–H groups in total. The molecule has 5 rings (SSSR count). The fraction of sp³-hybridized carbons (Fsp3) is 0.214. The molecule has 5 heteroatoms. The molecule has 1 fully saturated rings. The maximum Gasteiger partial charge on any atom is 0.125 e. The molecule has 1 heterocycles. The smallest absolute Gasteiger partial charge is 0.125 e. The van der Waals surface area contributed by atoms with Crippen molar-refractivity contribution < 1.29 is 4.21 Å². The van der Waals surface area contributed by atoms with Gasteiger partial charge in [-0.3, -0.25) is 0 Å². The van der Waals surface area contributed by atoms with Crippen LogP contribution >= 0.6 is 23.5 Å². The third kappa shape index (κ3) is 4.78. The second-order valence-electron chi connectivity index (χ2n) is 8.32. The fourth-order valence-electron chi connectivity index (χ4n) is 4.31. The Labute approximate surface area is 207 Å². The van der Waals surface area contributed by atoms with Crippen LogP contribution in [0.25, 0.3) is 10.8 Å². The SMILES string of the molecule is Cc1ccc([S@](=O)N[C@H](c2ccc3ccccc3c2)C2(c3ccccc3)SCCCS2)cc1. The lowest BCUT2D eigenvalue weighted by Gasteiger charge is -2.43. The molecule has 0 spiro atoms. The minimum absolute atomic E-state index is 0.123. The van der Waals surface area contributed by atoms with Gasteiger partial charge in [0.1, 0.15) is 15.1 Å². The number of hydrogen-bond acceptors (Lipinski definition) is 3. The van der Waals surface area contributed by atoms with Gasteiger partial charge >= 0.3 is 0 Å². The molecule has 4 aromatic rings. The highest BCUT2D eigenvalue weighted by atomic mass is 32.2. The standard InChI is InChI=1S/C28H27NOS3/c1-21-12-16-26(17-13-21)33(30)29-27(24-15-14-22-8-5-6-9-23(22)20-24)28(31-18-7-19-32-28)25-10-3-2-4-11-25/h2-6,8-17,20,27,29H,7,18-19H2,1H3/t27-,33+/m1/s1. The van der Waals surface area contributed by atoms with Crippen molar-refractivity contribution in [2.45, 2.75) is 28.4 Å². The quantitative estimate of drug-likeness (QED) is 0.310. The van der Waals surface area contributed by atoms with Crippen molar-refractivity contribution in [1.82, 2.24) is 4.72 Å². The Morgan fingerprint density at radius 2 is 1.48 bits per heavy atom. The highest BCUT2D eigenvalue weighted by Crippen LogP contribution is 2.57. The summed E-state index contributed by atoms with van der Waals surface area (Å²) >= 11 is 3.96. The van der Waals surface area contributed by atoms with Gasteiger partial charge in [-0.05, 0) is 64.9 Å². The van der Waals surface area contributed by atoms with Crippen LogP contribution in [0.5, 0.6) is 0 Å². The Morgan fingerprint density at radius 1 is 0.818 bits per heavy atom. The Balaban J connectivity index is 1.63. The first-order valence-electron chi connectivity index (χ1n) is 11.2. The molecule has 0 amide bonds. The molecule has 1 saturated heterocycles. The molecule has 0 bridgehead atoms. The van der Waals surface area contributed by atoms with Crippen molar-refractivity contribution in [1.29, 1.82) is 0 Å². The second kappa shape index (κ2) is 10.1. The summed E-state index contributed by atoms with van der Waals surface area (Å²) in [6, 6.07) is 33.7. The molecule has 0 unspecified atom stereocenters. The molecule has 2 nitrogen and oxygen atoms in total. The van der Waals surface area contributed by atoms with Crippen LogP contribution in [0.3, 0.4) is 0 Å². The van der Waals surface area contributed by atoms with Gasteiger partial charge in [-0.15, -0.1) is 23.5 Å². The largest absolute Gasteiger partial charge is 0.237 e. The summed E-state index contributed by atoms with van der Waals surface area (Å²) < 4.78 is 16.9. The van der Waals surface area contributed by atoms with Crippen molar-refractivity contribution >= 4 is 45.3 Å². The molecular formula is C28H27NOS3. The third-order valence-corrected chi connectivity index (χ3v) is 10.7. The Hall–Kier alpha value is -2.05. The van der Waals surface area contributed by atoms with Gasteiger partial charge in [0.05, 0.1) is 10.9 Å². The number of hydrogen-bond donors (Lipinski definition) is 1. The van der Waals surface area contributed by atoms with E-state index < -0.39 is 11.0 Å². The number of benzene rings is 4. The summed E-state index contributed by atoms with van der Waals surface area (Å²) in [5, 5.41) is 2.43. The molecule has 168 valence electrons. The minimum Gasteiger partial charge on any atom is -0.237 e. The van der Waals surface area contributed by atoms with Gasteiger partial charge in [0.25, 0.3) is 0 Å². The van der Waals surface area contributed by atoms with E-state index in [1.165, 1.54) is 33.9 Å². The van der Waals surface area contributed by atoms with E-state index in [1.54, 1.807) is 0 Å². The molecule has 33 heavy (non-hydrogen) atoms. The van der Waals surface area contributed by atoms with Crippen LogP contribution < -0.4 is 4.72 Å². The predicted molar refractivity (Wildman–Crippen MR) is 145 cm³/mol. The van der Waals surface area contributed by atoms with Crippen molar-refractivity contribution in [3.63, 3.8) is 0 Å². The van der Waals surface area contributed by atoms with Gasteiger partial charge in [0.2, 0.25) is 0 Å². The maximum atomic E-state index is 13.6. The summed E-state index contributed by atoms with van der Waals surface area (Å²) in [6.45, 7) is 2.05. The molecule has 0 aromatic heterocycles. The zero-order chi connectivity index (χ0) is 22.7. The molecule has 1 aliphatic heterocycles. The van der Waals surface area contributed by atoms with Gasteiger partial charge in [0.15, 0.2) is 0 Å². The Bertz CT molecular complexity index is 1250. The van der Waals surface area contributed by atoms with Gasteiger partial charge in [-0.2, -0.15) is 0 Å². The normalized spacial score (nSPS) is 17.5. The lowest BCUT2D eigenvalue weighted by molar-refractivity contribution is 0.589. The maximum absolute atomic E-state index is 13.6. The van der Waals surface area contributed by atoms with Gasteiger partial charge < -0.3 is 0 Å². The lowest BCUT2D eigenvalue weighted by atomic mass is 9.96. The predicted octanol–water partition coefficient (Wildman–Crippen LogP) is 7.22. The van der Waals surface area contributed by atoms with E-state index in [0.717, 1.165) is 16.4 Å². The Kier molecular flexibility index (Phi) is 6.93. The first kappa shape index (κ1) is 22.7. The zero-order valence-electron chi connectivity index (χ0n) is 18.6. The van der Waals surface area contributed by atoms with E-state index in [9.17, 15) is 4.21 Å². The van der Waals surface area contributed by atoms with E-state index in [-0.39, 0.29) is 10.1 Å². The third-order valence-electron chi connectivity index (χ3n) is 6.04. The van der Waals surface area contributed by atoms with Gasteiger partial charge in [-0.1, -0.05) is 84.4 Å². The van der Waals surface area contributed by atoms with E-state index >= 15 is 0 Å². The summed E-state index contributed by atoms with van der Waals surface area (Å²) in [6.07, 6.45) is 1.19. The zero-order valence-corrected chi connectivity index (χ0v) is 21.0. The molecule has 0 saturated carbocycles. The molecular weight excluding hydrogens is 463 g/mol. The van der Waals surface area contributed by atoms with Crippen LogP contribution in [-0.2, 0) is 15.1 Å². The fourth-order valence-corrected chi connectivity index (χ4v) is 9.03. The Morgan fingerprint density at radius 3 is 2.21 bits per heavy atom. The summed E-state index contributed by atoms with van der Waals surface area (Å²) in [7, 11) is -1.33. The van der Waals surface area contributed by atoms with Gasteiger partial charge in [0, 0.05) is 0 Å². The van der Waals surface area contributed by atoms with Crippen LogP contribution in [0.2, 0.25) is 0 Å². The molecule has 1 aliphatic rings. The number of thioether (sulfide) groups is 2. The average molecular weight is 490 g/mol. The first-order valence-corrected chi connectivity index (χ1v) is 14.3. The monoisotopic (exact) mass is 489 g/mol. The topological polar surface area (TPSA) is 29.1 Å². The van der Waals surface area contributed by atoms with Crippen LogP contribution in [0, 0.1) is 6.92 Å². The van der Waals surface area contributed by atoms with Crippen molar-refractivity contribution in [2.75, 3.05) is 11.5 Å². The van der Waals surface area contributed by atoms with E-state index in [0.29, 0.717) is 0 Å². The van der Waals surface area contributed by atoms with E-state index in [1.807, 2.05) is 47.8 Å². The average Bonchev–Trinajstić information content (AvgIpc) is 2.88. The number of aryl methyl sites for hydroxylation is 1. The van der Waals surface area contributed by atoms with Crippen molar-refractivity contribution in [3.8, 4) is 0 Å². The minimum atomic E-state index is -1.33. The van der Waals surface area contributed by atoms with Crippen LogP contribution in [0.1, 0.15) is 29.2 Å². The van der Waals surface area contributed by atoms with E-state index in [2.05, 4.69) is 84.4 Å². The van der Waals surface area contributed by atoms with Crippen LogP contribution in [0.15, 0.2) is 102 Å². The molecule has 0 aliphatic carbocycles. The summed E-state index contributed by atoms with van der Waals surface area (Å²) in [4.78, 5) is 0.806. The number of rotatable bonds is 6. The highest BCUT2D eigenvalue weighted by Gasteiger charge is 2.45. The number of fused-ring (bicyclic) bond motifs is 1. The number of nitrogens with one attached hydrogen (secondary N) is 1. The van der Waals surface area contributed by atoms with Crippen molar-refractivity contribution in [3.05, 3.63) is 114 Å². The van der Waals surface area contributed by atoms with Crippen LogP contribution in [0.4, 0.5) is 0 Å². The van der Waals surface area contributed by atoms with Gasteiger partial charge in [-0.25, -0.2) is 8.93 Å². The highest BCUT2D eigenvalue weighted by molar-refractivity contribution is 8.18. The lowest BCUT2D eigenvalue weighted by Crippen LogP contribution is -2.40. The summed E-state index contributed by atoms with van der Waals surface area (Å²) in [5.74, 6) is 2.18. The van der Waals surface area contributed by atoms with E-state index in [4.69, 9.17) is 0 Å². The van der Waals surface area contributed by atoms with Crippen molar-refractivity contribution in [2.24, 2.45) is 0 Å². The summed E-state index contributed by atoms with van der Waals surface area (Å²) in [5.41, 5.74) is 3.60. The molecule has 4 aromatic carbocycles. The second-order valence-corrected chi connectivity index (χ2v) is 12.5. The molecule has 0 radical (unpaired) electrons. The molecule has 2 atom stereocenters.